The van der Waals surface area contributed by atoms with Gasteiger partial charge in [0.15, 0.2) is 5.43 Å². The molecule has 3 aromatic rings. The van der Waals surface area contributed by atoms with Crippen molar-refractivity contribution in [2.45, 2.75) is 12.5 Å². The molecule has 1 aromatic heterocycles. The second-order valence-electron chi connectivity index (χ2n) is 8.05. The number of ether oxygens (including phenoxy) is 1. The number of carbonyl (C=O) groups is 1. The minimum atomic E-state index is -0.478. The van der Waals surface area contributed by atoms with E-state index in [1.165, 1.54) is 4.90 Å². The number of quaternary nitrogens is 1. The van der Waals surface area contributed by atoms with Crippen LogP contribution in [0.5, 0.6) is 5.75 Å². The van der Waals surface area contributed by atoms with Gasteiger partial charge in [-0.1, -0.05) is 36.9 Å². The molecule has 6 heteroatoms. The van der Waals surface area contributed by atoms with Crippen LogP contribution >= 0.6 is 0 Å². The molecule has 1 aliphatic rings. The molecule has 160 valence electrons. The van der Waals surface area contributed by atoms with Gasteiger partial charge in [0, 0.05) is 13.0 Å². The van der Waals surface area contributed by atoms with Gasteiger partial charge in [-0.3, -0.25) is 9.59 Å². The fourth-order valence-electron chi connectivity index (χ4n) is 4.05. The van der Waals surface area contributed by atoms with E-state index >= 15 is 0 Å². The van der Waals surface area contributed by atoms with Crippen LogP contribution in [0.3, 0.4) is 0 Å². The molecule has 0 saturated carbocycles. The Morgan fingerprint density at radius 3 is 2.58 bits per heavy atom. The highest BCUT2D eigenvalue weighted by atomic mass is 16.5. The number of benzene rings is 2. The van der Waals surface area contributed by atoms with Crippen molar-refractivity contribution in [1.29, 1.82) is 0 Å². The van der Waals surface area contributed by atoms with Crippen molar-refractivity contribution in [1.82, 2.24) is 4.90 Å². The fourth-order valence-corrected chi connectivity index (χ4v) is 4.05. The van der Waals surface area contributed by atoms with Gasteiger partial charge >= 0.3 is 0 Å². The van der Waals surface area contributed by atoms with Crippen LogP contribution < -0.4 is 15.1 Å². The van der Waals surface area contributed by atoms with Crippen LogP contribution in [-0.4, -0.2) is 44.6 Å². The number of para-hydroxylation sites is 1. The Morgan fingerprint density at radius 2 is 1.87 bits per heavy atom. The smallest absolute Gasteiger partial charge is 0.290 e. The van der Waals surface area contributed by atoms with Crippen LogP contribution in [-0.2, 0) is 0 Å². The van der Waals surface area contributed by atoms with E-state index in [0.29, 0.717) is 35.4 Å². The summed E-state index contributed by atoms with van der Waals surface area (Å²) in [5, 5.41) is 0.490. The zero-order valence-electron chi connectivity index (χ0n) is 17.9. The number of nitrogens with one attached hydrogen (secondary N) is 1. The summed E-state index contributed by atoms with van der Waals surface area (Å²) < 4.78 is 11.5. The molecule has 1 N–H and O–H groups in total. The van der Waals surface area contributed by atoms with Crippen LogP contribution in [0.15, 0.2) is 70.4 Å². The fraction of sp³-hybridized carbons (Fsp3) is 0.280. The van der Waals surface area contributed by atoms with Crippen LogP contribution in [0.25, 0.3) is 11.0 Å². The Bertz CT molecular complexity index is 1160. The molecule has 4 rings (SSSR count). The lowest BCUT2D eigenvalue weighted by Crippen LogP contribution is -3.05. The lowest BCUT2D eigenvalue weighted by atomic mass is 9.98. The monoisotopic (exact) mass is 419 g/mol. The largest absolute Gasteiger partial charge is 0.490 e. The van der Waals surface area contributed by atoms with E-state index in [1.54, 1.807) is 35.2 Å². The third-order valence-electron chi connectivity index (χ3n) is 5.51. The Labute approximate surface area is 181 Å². The number of fused-ring (bicyclic) bond motifs is 2. The highest BCUT2D eigenvalue weighted by Gasteiger charge is 2.42. The second kappa shape index (κ2) is 8.78. The molecule has 0 spiro atoms. The van der Waals surface area contributed by atoms with Crippen LogP contribution in [0, 0.1) is 0 Å². The highest BCUT2D eigenvalue weighted by Crippen LogP contribution is 2.38. The standard InChI is InChI=1S/C25H26N2O4/c1-4-16-30-18-12-10-17(11-13-18)22-21-23(28)19-8-5-6-9-20(19)31-24(21)25(29)27(22)15-7-14-26(2)3/h4-6,8-13,22H,1,7,14-16H2,2-3H3/p+1/t22-/m1/s1. The van der Waals surface area contributed by atoms with E-state index in [2.05, 4.69) is 20.7 Å². The van der Waals surface area contributed by atoms with Gasteiger partial charge in [0.05, 0.1) is 37.6 Å². The van der Waals surface area contributed by atoms with Crippen molar-refractivity contribution in [3.8, 4) is 5.75 Å². The number of nitrogens with zero attached hydrogens (tertiary/aromatic N) is 1. The number of hydrogen-bond donors (Lipinski definition) is 1. The normalized spacial score (nSPS) is 15.5. The predicted molar refractivity (Wildman–Crippen MR) is 120 cm³/mol. The molecule has 0 radical (unpaired) electrons. The first kappa shape index (κ1) is 20.9. The molecule has 1 aliphatic heterocycles. The lowest BCUT2D eigenvalue weighted by Gasteiger charge is -2.25. The van der Waals surface area contributed by atoms with Crippen LogP contribution in [0.4, 0.5) is 0 Å². The van der Waals surface area contributed by atoms with Crippen molar-refractivity contribution in [2.24, 2.45) is 0 Å². The van der Waals surface area contributed by atoms with Gasteiger partial charge in [-0.25, -0.2) is 0 Å². The quantitative estimate of drug-likeness (QED) is 0.570. The van der Waals surface area contributed by atoms with Crippen molar-refractivity contribution in [3.05, 3.63) is 88.3 Å². The molecule has 1 atom stereocenters. The zero-order chi connectivity index (χ0) is 22.0. The third-order valence-corrected chi connectivity index (χ3v) is 5.51. The second-order valence-corrected chi connectivity index (χ2v) is 8.05. The van der Waals surface area contributed by atoms with Crippen molar-refractivity contribution < 1.29 is 18.8 Å². The van der Waals surface area contributed by atoms with E-state index in [0.717, 1.165) is 18.5 Å². The first-order chi connectivity index (χ1) is 15.0. The average molecular weight is 420 g/mol. The maximum Gasteiger partial charge on any atom is 0.290 e. The molecule has 1 amide bonds. The summed E-state index contributed by atoms with van der Waals surface area (Å²) in [6.07, 6.45) is 2.51. The summed E-state index contributed by atoms with van der Waals surface area (Å²) in [5.41, 5.74) is 1.56. The summed E-state index contributed by atoms with van der Waals surface area (Å²) in [6.45, 7) is 5.54. The first-order valence-corrected chi connectivity index (χ1v) is 10.5. The zero-order valence-corrected chi connectivity index (χ0v) is 17.9. The SMILES string of the molecule is C=CCOc1ccc([C@@H]2c3c(oc4ccccc4c3=O)C(=O)N2CCC[NH+](C)C)cc1. The van der Waals surface area contributed by atoms with Gasteiger partial charge in [0.1, 0.15) is 17.9 Å². The van der Waals surface area contributed by atoms with Crippen molar-refractivity contribution in [3.63, 3.8) is 0 Å². The molecule has 6 nitrogen and oxygen atoms in total. The number of rotatable bonds is 8. The maximum absolute atomic E-state index is 13.4. The van der Waals surface area contributed by atoms with E-state index < -0.39 is 6.04 Å². The van der Waals surface area contributed by atoms with Crippen LogP contribution in [0.1, 0.15) is 34.1 Å². The minimum absolute atomic E-state index is 0.150. The molecule has 2 aromatic carbocycles. The summed E-state index contributed by atoms with van der Waals surface area (Å²) >= 11 is 0. The molecular weight excluding hydrogens is 392 g/mol. The maximum atomic E-state index is 13.4. The van der Waals surface area contributed by atoms with Gasteiger partial charge < -0.3 is 19.0 Å². The van der Waals surface area contributed by atoms with Gasteiger partial charge in [0.25, 0.3) is 5.91 Å². The molecule has 0 fully saturated rings. The van der Waals surface area contributed by atoms with Crippen LogP contribution in [0.2, 0.25) is 0 Å². The van der Waals surface area contributed by atoms with E-state index in [1.807, 2.05) is 24.3 Å². The molecule has 31 heavy (non-hydrogen) atoms. The first-order valence-electron chi connectivity index (χ1n) is 10.5. The van der Waals surface area contributed by atoms with Gasteiger partial charge in [-0.05, 0) is 29.8 Å². The molecular formula is C25H27N2O4+. The summed E-state index contributed by atoms with van der Waals surface area (Å²) in [6, 6.07) is 14.1. The van der Waals surface area contributed by atoms with Gasteiger partial charge in [-0.15, -0.1) is 0 Å². The van der Waals surface area contributed by atoms with Crippen molar-refractivity contribution >= 4 is 16.9 Å². The summed E-state index contributed by atoms with van der Waals surface area (Å²) in [7, 11) is 4.16. The highest BCUT2D eigenvalue weighted by molar-refractivity contribution is 5.99. The Morgan fingerprint density at radius 1 is 1.13 bits per heavy atom. The van der Waals surface area contributed by atoms with E-state index in [4.69, 9.17) is 9.15 Å². The Balaban J connectivity index is 1.79. The van der Waals surface area contributed by atoms with Gasteiger partial charge in [-0.2, -0.15) is 0 Å². The van der Waals surface area contributed by atoms with E-state index in [-0.39, 0.29) is 17.1 Å². The third kappa shape index (κ3) is 3.99. The summed E-state index contributed by atoms with van der Waals surface area (Å²) in [5.74, 6) is 0.628. The lowest BCUT2D eigenvalue weighted by molar-refractivity contribution is -0.858. The van der Waals surface area contributed by atoms with Crippen molar-refractivity contribution in [2.75, 3.05) is 33.8 Å². The molecule has 0 bridgehead atoms. The summed E-state index contributed by atoms with van der Waals surface area (Å²) in [4.78, 5) is 29.8. The average Bonchev–Trinajstić information content (AvgIpc) is 3.05. The van der Waals surface area contributed by atoms with E-state index in [9.17, 15) is 9.59 Å². The molecule has 0 unspecified atom stereocenters. The Kier molecular flexibility index (Phi) is 5.91. The Hall–Kier alpha value is -3.38. The minimum Gasteiger partial charge on any atom is -0.490 e. The number of hydrogen-bond acceptors (Lipinski definition) is 4. The number of carbonyl (C=O) groups excluding carboxylic acids is 1. The predicted octanol–water partition coefficient (Wildman–Crippen LogP) is 2.44. The molecule has 0 aliphatic carbocycles. The molecule has 2 heterocycles. The molecule has 0 saturated heterocycles. The topological polar surface area (TPSA) is 64.2 Å². The number of amides is 1. The van der Waals surface area contributed by atoms with Gasteiger partial charge in [0.2, 0.25) is 5.76 Å².